The summed E-state index contributed by atoms with van der Waals surface area (Å²) in [5.41, 5.74) is -0.210. The number of carbonyl (C=O) groups excluding carboxylic acids is 3. The SMILES string of the molecule is CC(C)(C)COS(=O)(=O)CCNC(=O)[C@H](CCCCNC(=O)OCc1ccccc1)NC(=O)OC(C)(C)C. The van der Waals surface area contributed by atoms with E-state index in [4.69, 9.17) is 13.7 Å². The van der Waals surface area contributed by atoms with Crippen LogP contribution in [0, 0.1) is 5.41 Å². The highest BCUT2D eigenvalue weighted by Gasteiger charge is 2.25. The van der Waals surface area contributed by atoms with E-state index in [9.17, 15) is 22.8 Å². The van der Waals surface area contributed by atoms with Crippen LogP contribution in [0.2, 0.25) is 0 Å². The summed E-state index contributed by atoms with van der Waals surface area (Å²) in [6, 6.07) is 8.34. The van der Waals surface area contributed by atoms with Crippen molar-refractivity contribution >= 4 is 28.2 Å². The maximum atomic E-state index is 12.7. The Kier molecular flexibility index (Phi) is 13.6. The highest BCUT2D eigenvalue weighted by atomic mass is 32.2. The number of rotatable bonds is 14. The van der Waals surface area contributed by atoms with E-state index in [1.54, 1.807) is 20.8 Å². The summed E-state index contributed by atoms with van der Waals surface area (Å²) in [6.07, 6.45) is -0.0555. The molecule has 0 aliphatic carbocycles. The lowest BCUT2D eigenvalue weighted by Gasteiger charge is -2.23. The first kappa shape index (κ1) is 33.2. The Hall–Kier alpha value is -2.86. The van der Waals surface area contributed by atoms with Gasteiger partial charge in [-0.25, -0.2) is 9.59 Å². The van der Waals surface area contributed by atoms with Crippen molar-refractivity contribution in [2.24, 2.45) is 5.41 Å². The molecule has 12 heteroatoms. The Bertz CT molecular complexity index is 986. The summed E-state index contributed by atoms with van der Waals surface area (Å²) in [4.78, 5) is 36.9. The minimum atomic E-state index is -3.82. The summed E-state index contributed by atoms with van der Waals surface area (Å²) in [6.45, 7) is 11.0. The molecule has 1 aromatic carbocycles. The van der Waals surface area contributed by atoms with Crippen molar-refractivity contribution in [3.8, 4) is 0 Å². The van der Waals surface area contributed by atoms with Gasteiger partial charge in [0.25, 0.3) is 10.1 Å². The lowest BCUT2D eigenvalue weighted by Crippen LogP contribution is -2.49. The smallest absolute Gasteiger partial charge is 0.408 e. The van der Waals surface area contributed by atoms with Crippen LogP contribution in [0.4, 0.5) is 9.59 Å². The molecule has 3 amide bonds. The number of benzene rings is 1. The summed E-state index contributed by atoms with van der Waals surface area (Å²) in [5, 5.41) is 7.72. The lowest BCUT2D eigenvalue weighted by molar-refractivity contribution is -0.123. The van der Waals surface area contributed by atoms with Gasteiger partial charge in [-0.3, -0.25) is 8.98 Å². The van der Waals surface area contributed by atoms with Gasteiger partial charge in [0, 0.05) is 13.1 Å². The van der Waals surface area contributed by atoms with Gasteiger partial charge in [-0.2, -0.15) is 8.42 Å². The molecular formula is C26H43N3O8S. The van der Waals surface area contributed by atoms with Gasteiger partial charge < -0.3 is 25.4 Å². The lowest BCUT2D eigenvalue weighted by atomic mass is 9.99. The van der Waals surface area contributed by atoms with Crippen LogP contribution in [0.3, 0.4) is 0 Å². The van der Waals surface area contributed by atoms with Crippen molar-refractivity contribution in [3.05, 3.63) is 35.9 Å². The first-order valence-corrected chi connectivity index (χ1v) is 14.2. The zero-order chi connectivity index (χ0) is 28.8. The Morgan fingerprint density at radius 2 is 1.55 bits per heavy atom. The van der Waals surface area contributed by atoms with Crippen LogP contribution in [-0.2, 0) is 35.2 Å². The van der Waals surface area contributed by atoms with Crippen molar-refractivity contribution in [2.75, 3.05) is 25.4 Å². The Labute approximate surface area is 226 Å². The van der Waals surface area contributed by atoms with Gasteiger partial charge in [-0.1, -0.05) is 51.1 Å². The molecule has 38 heavy (non-hydrogen) atoms. The Balaban J connectivity index is 2.51. The van der Waals surface area contributed by atoms with Crippen molar-refractivity contribution in [1.29, 1.82) is 0 Å². The van der Waals surface area contributed by atoms with Gasteiger partial charge in [0.1, 0.15) is 18.2 Å². The molecule has 1 aromatic rings. The fourth-order valence-corrected chi connectivity index (χ4v) is 3.91. The Morgan fingerprint density at radius 1 is 0.895 bits per heavy atom. The van der Waals surface area contributed by atoms with Crippen LogP contribution in [0.15, 0.2) is 30.3 Å². The van der Waals surface area contributed by atoms with Crippen LogP contribution >= 0.6 is 0 Å². The maximum absolute atomic E-state index is 12.7. The quantitative estimate of drug-likeness (QED) is 0.232. The molecule has 216 valence electrons. The van der Waals surface area contributed by atoms with Gasteiger partial charge in [-0.05, 0) is 51.0 Å². The number of alkyl carbamates (subject to hydrolysis) is 2. The van der Waals surface area contributed by atoms with Crippen molar-refractivity contribution in [2.45, 2.75) is 79.1 Å². The zero-order valence-electron chi connectivity index (χ0n) is 23.3. The largest absolute Gasteiger partial charge is 0.445 e. The molecular weight excluding hydrogens is 514 g/mol. The first-order chi connectivity index (χ1) is 17.6. The van der Waals surface area contributed by atoms with Crippen LogP contribution < -0.4 is 16.0 Å². The molecule has 0 spiro atoms. The van der Waals surface area contributed by atoms with Gasteiger partial charge in [0.15, 0.2) is 0 Å². The third kappa shape index (κ3) is 16.8. The summed E-state index contributed by atoms with van der Waals surface area (Å²) < 4.78 is 39.6. The predicted octanol–water partition coefficient (Wildman–Crippen LogP) is 3.49. The van der Waals surface area contributed by atoms with Crippen molar-refractivity contribution in [3.63, 3.8) is 0 Å². The first-order valence-electron chi connectivity index (χ1n) is 12.7. The molecule has 0 saturated carbocycles. The minimum Gasteiger partial charge on any atom is -0.445 e. The number of hydrogen-bond acceptors (Lipinski definition) is 8. The molecule has 1 atom stereocenters. The molecule has 0 aromatic heterocycles. The monoisotopic (exact) mass is 557 g/mol. The van der Waals surface area contributed by atoms with E-state index < -0.39 is 45.6 Å². The maximum Gasteiger partial charge on any atom is 0.408 e. The highest BCUT2D eigenvalue weighted by molar-refractivity contribution is 7.86. The molecule has 0 aliphatic rings. The van der Waals surface area contributed by atoms with E-state index in [0.29, 0.717) is 19.4 Å². The van der Waals surface area contributed by atoms with E-state index in [1.807, 2.05) is 51.1 Å². The fourth-order valence-electron chi connectivity index (χ4n) is 2.90. The van der Waals surface area contributed by atoms with Gasteiger partial charge in [0.2, 0.25) is 5.91 Å². The molecule has 0 aliphatic heterocycles. The average molecular weight is 558 g/mol. The third-order valence-electron chi connectivity index (χ3n) is 4.73. The second-order valence-electron chi connectivity index (χ2n) is 11.1. The standard InChI is InChI=1S/C26H43N3O8S/c1-25(2,3)19-36-38(33,34)17-16-27-22(30)21(29-24(32)37-26(4,5)6)14-10-11-15-28-23(31)35-18-20-12-8-7-9-13-20/h7-9,12-13,21H,10-11,14-19H2,1-6H3,(H,27,30)(H,28,31)(H,29,32)/t21-/m0/s1. The van der Waals surface area contributed by atoms with Crippen LogP contribution in [0.25, 0.3) is 0 Å². The number of nitrogens with one attached hydrogen (secondary N) is 3. The Morgan fingerprint density at radius 3 is 2.16 bits per heavy atom. The molecule has 0 unspecified atom stereocenters. The fraction of sp³-hybridized carbons (Fsp3) is 0.654. The third-order valence-corrected chi connectivity index (χ3v) is 5.91. The van der Waals surface area contributed by atoms with E-state index in [2.05, 4.69) is 16.0 Å². The minimum absolute atomic E-state index is 0.0277. The van der Waals surface area contributed by atoms with E-state index in [0.717, 1.165) is 5.56 Å². The number of ether oxygens (including phenoxy) is 2. The number of carbonyl (C=O) groups is 3. The summed E-state index contributed by atoms with van der Waals surface area (Å²) in [5.74, 6) is -0.944. The molecule has 3 N–H and O–H groups in total. The average Bonchev–Trinajstić information content (AvgIpc) is 2.79. The van der Waals surface area contributed by atoms with Gasteiger partial charge in [-0.15, -0.1) is 0 Å². The van der Waals surface area contributed by atoms with Gasteiger partial charge in [0.05, 0.1) is 12.4 Å². The molecule has 0 fully saturated rings. The van der Waals surface area contributed by atoms with Crippen LogP contribution in [0.1, 0.15) is 66.4 Å². The molecule has 0 heterocycles. The number of unbranched alkanes of at least 4 members (excludes halogenated alkanes) is 1. The zero-order valence-corrected chi connectivity index (χ0v) is 24.1. The molecule has 1 rings (SSSR count). The molecule has 11 nitrogen and oxygen atoms in total. The van der Waals surface area contributed by atoms with E-state index >= 15 is 0 Å². The second-order valence-corrected chi connectivity index (χ2v) is 12.8. The normalized spacial score (nSPS) is 12.8. The summed E-state index contributed by atoms with van der Waals surface area (Å²) >= 11 is 0. The summed E-state index contributed by atoms with van der Waals surface area (Å²) in [7, 11) is -3.82. The molecule has 0 radical (unpaired) electrons. The second kappa shape index (κ2) is 15.5. The van der Waals surface area contributed by atoms with Gasteiger partial charge >= 0.3 is 12.2 Å². The highest BCUT2D eigenvalue weighted by Crippen LogP contribution is 2.14. The van der Waals surface area contributed by atoms with Crippen molar-refractivity contribution in [1.82, 2.24) is 16.0 Å². The van der Waals surface area contributed by atoms with E-state index in [1.165, 1.54) is 0 Å². The van der Waals surface area contributed by atoms with E-state index in [-0.39, 0.29) is 31.6 Å². The van der Waals surface area contributed by atoms with Crippen molar-refractivity contribution < 1.29 is 36.5 Å². The predicted molar refractivity (Wildman–Crippen MR) is 144 cm³/mol. The van der Waals surface area contributed by atoms with Crippen LogP contribution in [0.5, 0.6) is 0 Å². The topological polar surface area (TPSA) is 149 Å². The molecule has 0 saturated heterocycles. The number of hydrogen-bond donors (Lipinski definition) is 3. The van der Waals surface area contributed by atoms with Crippen LogP contribution in [-0.4, -0.2) is 63.6 Å². The molecule has 0 bridgehead atoms. The number of amides is 3.